The Morgan fingerprint density at radius 1 is 0.952 bits per heavy atom. The van der Waals surface area contributed by atoms with Gasteiger partial charge in [-0.25, -0.2) is 17.6 Å². The molecule has 0 saturated heterocycles. The average Bonchev–Trinajstić information content (AvgIpc) is 2.50. The monoisotopic (exact) mass is 409 g/mol. The zero-order valence-electron chi connectivity index (χ0n) is 10.4. The SMILES string of the molecule is O=C(NCc1ccccc1)c1c(F)c(F)c(F)c(F)c1I. The second-order valence-corrected chi connectivity index (χ2v) is 5.19. The molecule has 0 fully saturated rings. The second-order valence-electron chi connectivity index (χ2n) is 4.11. The van der Waals surface area contributed by atoms with Crippen molar-refractivity contribution in [1.29, 1.82) is 0 Å². The highest BCUT2D eigenvalue weighted by Gasteiger charge is 2.27. The summed E-state index contributed by atoms with van der Waals surface area (Å²) in [6.07, 6.45) is 0. The highest BCUT2D eigenvalue weighted by molar-refractivity contribution is 14.1. The molecule has 2 rings (SSSR count). The van der Waals surface area contributed by atoms with Gasteiger partial charge in [-0.3, -0.25) is 4.79 Å². The van der Waals surface area contributed by atoms with E-state index in [0.717, 1.165) is 5.56 Å². The van der Waals surface area contributed by atoms with Crippen molar-refractivity contribution in [2.45, 2.75) is 6.54 Å². The van der Waals surface area contributed by atoms with Gasteiger partial charge in [0.05, 0.1) is 9.13 Å². The van der Waals surface area contributed by atoms with Crippen LogP contribution in [0.5, 0.6) is 0 Å². The molecule has 1 amide bonds. The second kappa shape index (κ2) is 6.42. The van der Waals surface area contributed by atoms with Gasteiger partial charge in [-0.05, 0) is 28.2 Å². The summed E-state index contributed by atoms with van der Waals surface area (Å²) in [7, 11) is 0. The highest BCUT2D eigenvalue weighted by Crippen LogP contribution is 2.25. The third-order valence-electron chi connectivity index (χ3n) is 2.73. The number of halogens is 5. The summed E-state index contributed by atoms with van der Waals surface area (Å²) in [4.78, 5) is 11.9. The normalized spacial score (nSPS) is 10.5. The summed E-state index contributed by atoms with van der Waals surface area (Å²) in [6.45, 7) is 0.0514. The highest BCUT2D eigenvalue weighted by atomic mass is 127. The Bertz CT molecular complexity index is 662. The molecule has 0 heterocycles. The van der Waals surface area contributed by atoms with Crippen LogP contribution in [0.15, 0.2) is 30.3 Å². The molecule has 0 radical (unpaired) electrons. The van der Waals surface area contributed by atoms with Gasteiger partial charge in [-0.2, -0.15) is 0 Å². The number of amides is 1. The lowest BCUT2D eigenvalue weighted by Crippen LogP contribution is -2.26. The van der Waals surface area contributed by atoms with E-state index in [1.54, 1.807) is 30.3 Å². The molecule has 2 aromatic rings. The number of rotatable bonds is 3. The van der Waals surface area contributed by atoms with Gasteiger partial charge in [-0.15, -0.1) is 0 Å². The Labute approximate surface area is 131 Å². The van der Waals surface area contributed by atoms with Gasteiger partial charge in [0.1, 0.15) is 0 Å². The van der Waals surface area contributed by atoms with Crippen LogP contribution in [0.4, 0.5) is 17.6 Å². The molecule has 110 valence electrons. The molecule has 7 heteroatoms. The minimum Gasteiger partial charge on any atom is -0.348 e. The van der Waals surface area contributed by atoms with Crippen molar-refractivity contribution in [2.24, 2.45) is 0 Å². The molecule has 2 aromatic carbocycles. The number of nitrogens with one attached hydrogen (secondary N) is 1. The van der Waals surface area contributed by atoms with Crippen molar-refractivity contribution in [3.05, 3.63) is 68.3 Å². The molecule has 21 heavy (non-hydrogen) atoms. The third kappa shape index (κ3) is 3.17. The van der Waals surface area contributed by atoms with E-state index in [9.17, 15) is 22.4 Å². The summed E-state index contributed by atoms with van der Waals surface area (Å²) in [5, 5.41) is 2.33. The summed E-state index contributed by atoms with van der Waals surface area (Å²) >= 11 is 1.26. The van der Waals surface area contributed by atoms with Gasteiger partial charge in [0.25, 0.3) is 5.91 Å². The first-order valence-corrected chi connectivity index (χ1v) is 6.85. The molecule has 0 spiro atoms. The van der Waals surface area contributed by atoms with Crippen LogP contribution in [0.2, 0.25) is 0 Å². The zero-order chi connectivity index (χ0) is 15.6. The largest absolute Gasteiger partial charge is 0.348 e. The van der Waals surface area contributed by atoms with Crippen molar-refractivity contribution in [3.8, 4) is 0 Å². The predicted octanol–water partition coefficient (Wildman–Crippen LogP) is 3.78. The first-order chi connectivity index (χ1) is 9.93. The number of carbonyl (C=O) groups is 1. The fourth-order valence-corrected chi connectivity index (χ4v) is 2.39. The lowest BCUT2D eigenvalue weighted by Gasteiger charge is -2.10. The molecule has 0 atom stereocenters. The summed E-state index contributed by atoms with van der Waals surface area (Å²) < 4.78 is 52.6. The lowest BCUT2D eigenvalue weighted by atomic mass is 10.1. The van der Waals surface area contributed by atoms with E-state index in [-0.39, 0.29) is 6.54 Å². The minimum absolute atomic E-state index is 0.0514. The third-order valence-corrected chi connectivity index (χ3v) is 3.75. The first kappa shape index (κ1) is 15.7. The molecule has 1 N–H and O–H groups in total. The van der Waals surface area contributed by atoms with E-state index in [1.807, 2.05) is 0 Å². The summed E-state index contributed by atoms with van der Waals surface area (Å²) in [6, 6.07) is 8.69. The molecule has 0 aliphatic heterocycles. The standard InChI is InChI=1S/C14H8F4INO/c15-9-8(13(19)12(18)11(17)10(9)16)14(21)20-6-7-4-2-1-3-5-7/h1-5H,6H2,(H,20,21). The van der Waals surface area contributed by atoms with Crippen LogP contribution in [0.1, 0.15) is 15.9 Å². The van der Waals surface area contributed by atoms with Crippen molar-refractivity contribution in [3.63, 3.8) is 0 Å². The van der Waals surface area contributed by atoms with Crippen LogP contribution in [0.25, 0.3) is 0 Å². The van der Waals surface area contributed by atoms with Gasteiger partial charge in [0.2, 0.25) is 0 Å². The molecule has 0 unspecified atom stereocenters. The van der Waals surface area contributed by atoms with Gasteiger partial charge in [-0.1, -0.05) is 30.3 Å². The smallest absolute Gasteiger partial charge is 0.255 e. The molecule has 2 nitrogen and oxygen atoms in total. The molecular formula is C14H8F4INO. The van der Waals surface area contributed by atoms with Crippen LogP contribution < -0.4 is 5.32 Å². The van der Waals surface area contributed by atoms with E-state index < -0.39 is 38.3 Å². The van der Waals surface area contributed by atoms with E-state index in [4.69, 9.17) is 0 Å². The van der Waals surface area contributed by atoms with Crippen LogP contribution in [-0.2, 0) is 6.54 Å². The van der Waals surface area contributed by atoms with Crippen LogP contribution in [0.3, 0.4) is 0 Å². The van der Waals surface area contributed by atoms with Crippen LogP contribution in [0, 0.1) is 26.8 Å². The Morgan fingerprint density at radius 2 is 1.52 bits per heavy atom. The average molecular weight is 409 g/mol. The molecule has 0 aromatic heterocycles. The Kier molecular flexibility index (Phi) is 4.81. The van der Waals surface area contributed by atoms with E-state index in [0.29, 0.717) is 0 Å². The molecule has 0 aliphatic rings. The van der Waals surface area contributed by atoms with E-state index >= 15 is 0 Å². The van der Waals surface area contributed by atoms with E-state index in [1.165, 1.54) is 22.6 Å². The van der Waals surface area contributed by atoms with E-state index in [2.05, 4.69) is 5.32 Å². The Morgan fingerprint density at radius 3 is 2.14 bits per heavy atom. The maximum atomic E-state index is 13.6. The number of hydrogen-bond acceptors (Lipinski definition) is 1. The maximum absolute atomic E-state index is 13.6. The van der Waals surface area contributed by atoms with Crippen molar-refractivity contribution < 1.29 is 22.4 Å². The number of hydrogen-bond donors (Lipinski definition) is 1. The Balaban J connectivity index is 2.28. The molecular weight excluding hydrogens is 401 g/mol. The minimum atomic E-state index is -2.00. The molecule has 0 aliphatic carbocycles. The first-order valence-electron chi connectivity index (χ1n) is 5.77. The van der Waals surface area contributed by atoms with Crippen molar-refractivity contribution in [2.75, 3.05) is 0 Å². The molecule has 0 saturated carbocycles. The van der Waals surface area contributed by atoms with Gasteiger partial charge in [0, 0.05) is 6.54 Å². The van der Waals surface area contributed by atoms with Crippen LogP contribution >= 0.6 is 22.6 Å². The van der Waals surface area contributed by atoms with Crippen molar-refractivity contribution in [1.82, 2.24) is 5.32 Å². The predicted molar refractivity (Wildman–Crippen MR) is 76.6 cm³/mol. The van der Waals surface area contributed by atoms with Gasteiger partial charge in [0.15, 0.2) is 23.3 Å². The van der Waals surface area contributed by atoms with Crippen molar-refractivity contribution >= 4 is 28.5 Å². The quantitative estimate of drug-likeness (QED) is 0.356. The fraction of sp³-hybridized carbons (Fsp3) is 0.0714. The molecule has 0 bridgehead atoms. The lowest BCUT2D eigenvalue weighted by molar-refractivity contribution is 0.0943. The van der Waals surface area contributed by atoms with Gasteiger partial charge >= 0.3 is 0 Å². The maximum Gasteiger partial charge on any atom is 0.255 e. The summed E-state index contributed by atoms with van der Waals surface area (Å²) in [5.74, 6) is -8.24. The van der Waals surface area contributed by atoms with Gasteiger partial charge < -0.3 is 5.32 Å². The number of benzene rings is 2. The Hall–Kier alpha value is -1.64. The number of carbonyl (C=O) groups excluding carboxylic acids is 1. The topological polar surface area (TPSA) is 29.1 Å². The van der Waals surface area contributed by atoms with Crippen LogP contribution in [-0.4, -0.2) is 5.91 Å². The summed E-state index contributed by atoms with van der Waals surface area (Å²) in [5.41, 5.74) is -0.118. The zero-order valence-corrected chi connectivity index (χ0v) is 12.5. The fourth-order valence-electron chi connectivity index (χ4n) is 1.67.